The highest BCUT2D eigenvalue weighted by Gasteiger charge is 2.21. The third kappa shape index (κ3) is 3.61. The smallest absolute Gasteiger partial charge is 0.105 e. The molecule has 0 aliphatic heterocycles. The van der Waals surface area contributed by atoms with Crippen LogP contribution in [0.1, 0.15) is 52.8 Å². The molecule has 2 aliphatic carbocycles. The van der Waals surface area contributed by atoms with Crippen LogP contribution in [0, 0.1) is 30.1 Å². The topological polar surface area (TPSA) is 28.7 Å². The summed E-state index contributed by atoms with van der Waals surface area (Å²) in [7, 11) is 0. The van der Waals surface area contributed by atoms with Gasteiger partial charge in [-0.2, -0.15) is 5.26 Å². The Kier molecular flexibility index (Phi) is 5.21. The molecule has 1 heterocycles. The highest BCUT2D eigenvalue weighted by Crippen LogP contribution is 2.38. The highest BCUT2D eigenvalue weighted by atomic mass is 15.0. The first kappa shape index (κ1) is 21.0. The van der Waals surface area contributed by atoms with Crippen LogP contribution in [0.25, 0.3) is 33.8 Å². The van der Waals surface area contributed by atoms with E-state index in [0.29, 0.717) is 12.0 Å². The number of nitriles is 1. The number of aromatic nitrogens is 1. The Bertz CT molecular complexity index is 1690. The van der Waals surface area contributed by atoms with Gasteiger partial charge in [0.05, 0.1) is 22.8 Å². The lowest BCUT2D eigenvalue weighted by Gasteiger charge is -2.17. The standard InChI is InChI=1S/C33H24N2/c1-23-10-5-6-14-27(23)26-13-9-17-32-30(21-26)28-15-7-8-16-31(28)35(32)33-19-18-24(22-34)20-29(33)25-11-3-2-4-12-25/h2-3,5-8,10-11,14-16,18-21H,4,12-13H2,1H3. The van der Waals surface area contributed by atoms with Crippen LogP contribution in [0.3, 0.4) is 0 Å². The monoisotopic (exact) mass is 448 g/mol. The summed E-state index contributed by atoms with van der Waals surface area (Å²) in [6.45, 7) is 2.16. The van der Waals surface area contributed by atoms with Crippen molar-refractivity contribution in [2.45, 2.75) is 26.2 Å². The van der Waals surface area contributed by atoms with Crippen molar-refractivity contribution in [3.63, 3.8) is 0 Å². The van der Waals surface area contributed by atoms with Crippen LogP contribution < -0.4 is 0 Å². The molecular weight excluding hydrogens is 424 g/mol. The Balaban J connectivity index is 1.65. The van der Waals surface area contributed by atoms with Gasteiger partial charge in [-0.05, 0) is 78.3 Å². The molecule has 2 heteroatoms. The van der Waals surface area contributed by atoms with Gasteiger partial charge in [0.2, 0.25) is 0 Å². The summed E-state index contributed by atoms with van der Waals surface area (Å²) in [5.41, 5.74) is 11.2. The van der Waals surface area contributed by atoms with E-state index in [1.165, 1.54) is 27.7 Å². The Morgan fingerprint density at radius 1 is 0.943 bits per heavy atom. The van der Waals surface area contributed by atoms with Gasteiger partial charge >= 0.3 is 0 Å². The first-order chi connectivity index (χ1) is 17.2. The maximum Gasteiger partial charge on any atom is 0.105 e. The molecular formula is C33H24N2. The Morgan fingerprint density at radius 3 is 2.63 bits per heavy atom. The second kappa shape index (κ2) is 8.68. The predicted octanol–water partition coefficient (Wildman–Crippen LogP) is 7.84. The normalized spacial score (nSPS) is 14.3. The van der Waals surface area contributed by atoms with Crippen molar-refractivity contribution >= 4 is 28.1 Å². The van der Waals surface area contributed by atoms with Gasteiger partial charge in [-0.15, -0.1) is 0 Å². The van der Waals surface area contributed by atoms with Crippen molar-refractivity contribution in [2.24, 2.45) is 0 Å². The highest BCUT2D eigenvalue weighted by molar-refractivity contribution is 6.00. The van der Waals surface area contributed by atoms with Crippen molar-refractivity contribution < 1.29 is 0 Å². The number of benzene rings is 3. The number of allylic oxidation sites excluding steroid dienone is 5. The molecule has 0 atom stereocenters. The summed E-state index contributed by atoms with van der Waals surface area (Å²) in [6, 6.07) is 25.4. The van der Waals surface area contributed by atoms with Crippen molar-refractivity contribution in [1.82, 2.24) is 4.57 Å². The van der Waals surface area contributed by atoms with E-state index in [4.69, 9.17) is 0 Å². The molecule has 0 N–H and O–H groups in total. The van der Waals surface area contributed by atoms with Gasteiger partial charge in [0.25, 0.3) is 0 Å². The molecule has 1 aromatic heterocycles. The fraction of sp³-hybridized carbons (Fsp3) is 0.121. The quantitative estimate of drug-likeness (QED) is 0.293. The lowest BCUT2D eigenvalue weighted by molar-refractivity contribution is 1.03. The van der Waals surface area contributed by atoms with Crippen LogP contribution in [-0.4, -0.2) is 4.57 Å². The average molecular weight is 449 g/mol. The van der Waals surface area contributed by atoms with Crippen LogP contribution >= 0.6 is 0 Å². The van der Waals surface area contributed by atoms with Gasteiger partial charge in [0.1, 0.15) is 5.69 Å². The molecule has 0 saturated carbocycles. The largest absolute Gasteiger partial charge is 0.301 e. The van der Waals surface area contributed by atoms with Gasteiger partial charge in [0, 0.05) is 22.9 Å². The van der Waals surface area contributed by atoms with Gasteiger partial charge < -0.3 is 4.57 Å². The van der Waals surface area contributed by atoms with E-state index in [1.807, 2.05) is 12.1 Å². The minimum atomic E-state index is 0.676. The Hall–Kier alpha value is -4.53. The van der Waals surface area contributed by atoms with Gasteiger partial charge in [-0.1, -0.05) is 66.6 Å². The summed E-state index contributed by atoms with van der Waals surface area (Å²) in [6.07, 6.45) is 11.5. The number of nitrogens with zero attached hydrogens (tertiary/aromatic N) is 2. The molecule has 2 aliphatic rings. The molecule has 0 saturated heterocycles. The minimum absolute atomic E-state index is 0.676. The van der Waals surface area contributed by atoms with Crippen molar-refractivity contribution in [3.8, 4) is 23.6 Å². The van der Waals surface area contributed by atoms with Crippen LogP contribution in [0.4, 0.5) is 0 Å². The lowest BCUT2D eigenvalue weighted by Crippen LogP contribution is -2.03. The zero-order valence-corrected chi connectivity index (χ0v) is 19.7. The summed E-state index contributed by atoms with van der Waals surface area (Å²) < 4.78 is 2.30. The summed E-state index contributed by atoms with van der Waals surface area (Å²) in [4.78, 5) is 0. The van der Waals surface area contributed by atoms with E-state index < -0.39 is 0 Å². The molecule has 0 spiro atoms. The van der Waals surface area contributed by atoms with E-state index in [2.05, 4.69) is 108 Å². The summed E-state index contributed by atoms with van der Waals surface area (Å²) >= 11 is 0. The number of hydrogen-bond acceptors (Lipinski definition) is 1. The first-order valence-electron chi connectivity index (χ1n) is 12.0. The molecule has 0 amide bonds. The van der Waals surface area contributed by atoms with Crippen molar-refractivity contribution in [1.29, 1.82) is 5.26 Å². The molecule has 0 fully saturated rings. The van der Waals surface area contributed by atoms with E-state index in [0.717, 1.165) is 40.9 Å². The molecule has 0 radical (unpaired) electrons. The number of fused-ring (bicyclic) bond motifs is 3. The maximum atomic E-state index is 9.62. The second-order valence-corrected chi connectivity index (χ2v) is 9.08. The lowest BCUT2D eigenvalue weighted by atomic mass is 9.94. The molecule has 4 aromatic rings. The number of hydrogen-bond donors (Lipinski definition) is 0. The number of para-hydroxylation sites is 1. The van der Waals surface area contributed by atoms with E-state index in [1.54, 1.807) is 0 Å². The number of rotatable bonds is 3. The summed E-state index contributed by atoms with van der Waals surface area (Å²) in [5, 5.41) is 10.8. The van der Waals surface area contributed by atoms with Crippen molar-refractivity contribution in [3.05, 3.63) is 118 Å². The molecule has 3 aromatic carbocycles. The Morgan fingerprint density at radius 2 is 1.80 bits per heavy atom. The van der Waals surface area contributed by atoms with Gasteiger partial charge in [-0.25, -0.2) is 0 Å². The van der Waals surface area contributed by atoms with Crippen LogP contribution in [0.5, 0.6) is 0 Å². The zero-order valence-electron chi connectivity index (χ0n) is 19.7. The SMILES string of the molecule is Cc1ccccc1C1=Cc2c(n(-c3ccc(C#N)cc3C3=CC=CCC3)c3ccccc23)C#CC1. The van der Waals surface area contributed by atoms with Crippen LogP contribution in [0.2, 0.25) is 0 Å². The summed E-state index contributed by atoms with van der Waals surface area (Å²) in [5.74, 6) is 6.98. The fourth-order valence-electron chi connectivity index (χ4n) is 5.22. The minimum Gasteiger partial charge on any atom is -0.301 e. The number of aryl methyl sites for hydroxylation is 1. The maximum absolute atomic E-state index is 9.62. The molecule has 0 unspecified atom stereocenters. The second-order valence-electron chi connectivity index (χ2n) is 9.08. The van der Waals surface area contributed by atoms with Gasteiger partial charge in [-0.3, -0.25) is 0 Å². The van der Waals surface area contributed by atoms with Crippen molar-refractivity contribution in [2.75, 3.05) is 0 Å². The molecule has 0 bridgehead atoms. The molecule has 166 valence electrons. The van der Waals surface area contributed by atoms with E-state index in [9.17, 15) is 5.26 Å². The van der Waals surface area contributed by atoms with E-state index in [-0.39, 0.29) is 0 Å². The average Bonchev–Trinajstić information content (AvgIpc) is 3.05. The van der Waals surface area contributed by atoms with Crippen LogP contribution in [-0.2, 0) is 0 Å². The van der Waals surface area contributed by atoms with Gasteiger partial charge in [0.15, 0.2) is 0 Å². The van der Waals surface area contributed by atoms with Crippen LogP contribution in [0.15, 0.2) is 85.0 Å². The first-order valence-corrected chi connectivity index (χ1v) is 12.0. The van der Waals surface area contributed by atoms with E-state index >= 15 is 0 Å². The zero-order chi connectivity index (χ0) is 23.8. The predicted molar refractivity (Wildman–Crippen MR) is 145 cm³/mol. The Labute approximate surface area is 206 Å². The molecule has 6 rings (SSSR count). The molecule has 2 nitrogen and oxygen atoms in total. The fourth-order valence-corrected chi connectivity index (χ4v) is 5.22. The third-order valence-electron chi connectivity index (χ3n) is 6.94. The molecule has 35 heavy (non-hydrogen) atoms. The third-order valence-corrected chi connectivity index (χ3v) is 6.94.